The van der Waals surface area contributed by atoms with Crippen LogP contribution in [0, 0.1) is 0 Å². The molecule has 0 bridgehead atoms. The quantitative estimate of drug-likeness (QED) is 0.730. The number of benzene rings is 1. The average molecular weight is 428 g/mol. The molecule has 0 saturated heterocycles. The third-order valence-corrected chi connectivity index (χ3v) is 6.53. The van der Waals surface area contributed by atoms with Crippen molar-refractivity contribution in [3.8, 4) is 5.75 Å². The summed E-state index contributed by atoms with van der Waals surface area (Å²) in [5.41, 5.74) is 1.17. The van der Waals surface area contributed by atoms with Crippen molar-refractivity contribution in [1.82, 2.24) is 15.1 Å². The second kappa shape index (κ2) is 9.08. The van der Waals surface area contributed by atoms with Crippen LogP contribution >= 0.6 is 11.3 Å². The summed E-state index contributed by atoms with van der Waals surface area (Å²) in [6.45, 7) is 5.04. The van der Waals surface area contributed by atoms with Crippen molar-refractivity contribution in [3.63, 3.8) is 0 Å². The molecule has 1 unspecified atom stereocenters. The number of ether oxygens (including phenoxy) is 1. The number of nitrogens with zero attached hydrogens (tertiary/aromatic N) is 2. The second-order valence-corrected chi connectivity index (χ2v) is 9.24. The third-order valence-electron chi connectivity index (χ3n) is 5.53. The number of carbonyl (C=O) groups is 2. The van der Waals surface area contributed by atoms with E-state index in [4.69, 9.17) is 4.74 Å². The Morgan fingerprint density at radius 2 is 2.00 bits per heavy atom. The van der Waals surface area contributed by atoms with Gasteiger partial charge in [0.2, 0.25) is 5.91 Å². The van der Waals surface area contributed by atoms with E-state index in [1.807, 2.05) is 49.1 Å². The summed E-state index contributed by atoms with van der Waals surface area (Å²) in [6, 6.07) is 11.7. The van der Waals surface area contributed by atoms with Crippen molar-refractivity contribution in [1.29, 1.82) is 0 Å². The highest BCUT2D eigenvalue weighted by molar-refractivity contribution is 7.10. The van der Waals surface area contributed by atoms with E-state index >= 15 is 0 Å². The van der Waals surface area contributed by atoms with E-state index in [-0.39, 0.29) is 36.6 Å². The standard InChI is InChI=1S/C23H29N3O3S/c1-16(2)24-23(28)26(17-8-9-17)14-22(27)25-12-10-21-19(11-13-30-21)20(25)15-29-18-6-4-3-5-7-18/h3-7,11,13,16-17,20H,8-10,12,14-15H2,1-2H3,(H,24,28). The van der Waals surface area contributed by atoms with Crippen LogP contribution in [0.15, 0.2) is 41.8 Å². The Bertz CT molecular complexity index is 879. The molecule has 0 spiro atoms. The van der Waals surface area contributed by atoms with Gasteiger partial charge in [-0.15, -0.1) is 11.3 Å². The molecule has 2 heterocycles. The van der Waals surface area contributed by atoms with Crippen LogP contribution < -0.4 is 10.1 Å². The summed E-state index contributed by atoms with van der Waals surface area (Å²) >= 11 is 1.74. The van der Waals surface area contributed by atoms with Gasteiger partial charge in [-0.1, -0.05) is 18.2 Å². The molecule has 1 aliphatic heterocycles. The summed E-state index contributed by atoms with van der Waals surface area (Å²) < 4.78 is 6.03. The van der Waals surface area contributed by atoms with Crippen molar-refractivity contribution in [2.24, 2.45) is 0 Å². The van der Waals surface area contributed by atoms with Crippen LogP contribution in [0.3, 0.4) is 0 Å². The van der Waals surface area contributed by atoms with Gasteiger partial charge in [-0.2, -0.15) is 0 Å². The van der Waals surface area contributed by atoms with E-state index < -0.39 is 0 Å². The lowest BCUT2D eigenvalue weighted by atomic mass is 10.0. The summed E-state index contributed by atoms with van der Waals surface area (Å²) in [4.78, 5) is 30.9. The average Bonchev–Trinajstić information content (AvgIpc) is 3.45. The minimum atomic E-state index is -0.147. The van der Waals surface area contributed by atoms with Crippen LogP contribution in [-0.4, -0.2) is 53.5 Å². The summed E-state index contributed by atoms with van der Waals surface area (Å²) in [5.74, 6) is 0.780. The first kappa shape index (κ1) is 20.7. The Kier molecular flexibility index (Phi) is 6.27. The van der Waals surface area contributed by atoms with E-state index in [1.165, 1.54) is 10.4 Å². The number of fused-ring (bicyclic) bond motifs is 1. The second-order valence-electron chi connectivity index (χ2n) is 8.24. The van der Waals surface area contributed by atoms with Crippen molar-refractivity contribution >= 4 is 23.3 Å². The van der Waals surface area contributed by atoms with Crippen molar-refractivity contribution < 1.29 is 14.3 Å². The lowest BCUT2D eigenvalue weighted by Crippen LogP contribution is -2.51. The highest BCUT2D eigenvalue weighted by Crippen LogP contribution is 2.34. The predicted octanol–water partition coefficient (Wildman–Crippen LogP) is 3.84. The van der Waals surface area contributed by atoms with E-state index in [9.17, 15) is 9.59 Å². The maximum Gasteiger partial charge on any atom is 0.318 e. The number of nitrogens with one attached hydrogen (secondary N) is 1. The smallest absolute Gasteiger partial charge is 0.318 e. The molecule has 30 heavy (non-hydrogen) atoms. The Hall–Kier alpha value is -2.54. The molecule has 7 heteroatoms. The molecule has 2 aromatic rings. The van der Waals surface area contributed by atoms with Crippen molar-refractivity contribution in [2.45, 2.75) is 51.2 Å². The topological polar surface area (TPSA) is 61.9 Å². The number of amides is 3. The number of carbonyl (C=O) groups excluding carboxylic acids is 2. The van der Waals surface area contributed by atoms with Gasteiger partial charge in [-0.05, 0) is 62.3 Å². The van der Waals surface area contributed by atoms with Crippen LogP contribution in [0.5, 0.6) is 5.75 Å². The molecule has 1 saturated carbocycles. The molecule has 1 aliphatic carbocycles. The minimum Gasteiger partial charge on any atom is -0.491 e. The predicted molar refractivity (Wildman–Crippen MR) is 118 cm³/mol. The number of hydrogen-bond acceptors (Lipinski definition) is 4. The lowest BCUT2D eigenvalue weighted by molar-refractivity contribution is -0.135. The van der Waals surface area contributed by atoms with Gasteiger partial charge < -0.3 is 19.9 Å². The van der Waals surface area contributed by atoms with Gasteiger partial charge >= 0.3 is 6.03 Å². The van der Waals surface area contributed by atoms with Gasteiger partial charge in [0.25, 0.3) is 0 Å². The van der Waals surface area contributed by atoms with Crippen LogP contribution in [0.2, 0.25) is 0 Å². The molecule has 4 rings (SSSR count). The zero-order valence-electron chi connectivity index (χ0n) is 17.5. The largest absolute Gasteiger partial charge is 0.491 e. The third kappa shape index (κ3) is 4.78. The fourth-order valence-electron chi connectivity index (χ4n) is 3.89. The maximum atomic E-state index is 13.3. The molecule has 1 N–H and O–H groups in total. The molecular formula is C23H29N3O3S. The van der Waals surface area contributed by atoms with Crippen LogP contribution in [0.4, 0.5) is 4.79 Å². The molecule has 1 aromatic carbocycles. The van der Waals surface area contributed by atoms with Gasteiger partial charge in [0.05, 0.1) is 6.04 Å². The minimum absolute atomic E-state index is 0.0145. The first-order valence-electron chi connectivity index (χ1n) is 10.6. The highest BCUT2D eigenvalue weighted by Gasteiger charge is 2.38. The zero-order valence-corrected chi connectivity index (χ0v) is 18.4. The van der Waals surface area contributed by atoms with Crippen LogP contribution in [0.1, 0.15) is 43.2 Å². The number of rotatable bonds is 7. The van der Waals surface area contributed by atoms with E-state index in [0.29, 0.717) is 13.2 Å². The number of urea groups is 1. The Morgan fingerprint density at radius 3 is 2.70 bits per heavy atom. The zero-order chi connectivity index (χ0) is 21.1. The number of hydrogen-bond donors (Lipinski definition) is 1. The SMILES string of the molecule is CC(C)NC(=O)N(CC(=O)N1CCc2sccc2C1COc1ccccc1)C1CC1. The fraction of sp³-hybridized carbons (Fsp3) is 0.478. The molecule has 0 radical (unpaired) electrons. The van der Waals surface area contributed by atoms with Crippen molar-refractivity contribution in [2.75, 3.05) is 19.7 Å². The first-order valence-corrected chi connectivity index (χ1v) is 11.5. The molecular weight excluding hydrogens is 398 g/mol. The maximum absolute atomic E-state index is 13.3. The van der Waals surface area contributed by atoms with Gasteiger partial charge in [0, 0.05) is 23.5 Å². The van der Waals surface area contributed by atoms with E-state index in [1.54, 1.807) is 16.2 Å². The van der Waals surface area contributed by atoms with E-state index in [0.717, 1.165) is 25.0 Å². The summed E-state index contributed by atoms with van der Waals surface area (Å²) in [5, 5.41) is 5.02. The lowest BCUT2D eigenvalue weighted by Gasteiger charge is -2.37. The van der Waals surface area contributed by atoms with Crippen LogP contribution in [-0.2, 0) is 11.2 Å². The normalized spacial score (nSPS) is 18.1. The summed E-state index contributed by atoms with van der Waals surface area (Å²) in [7, 11) is 0. The monoisotopic (exact) mass is 427 g/mol. The van der Waals surface area contributed by atoms with E-state index in [2.05, 4.69) is 16.8 Å². The van der Waals surface area contributed by atoms with Crippen LogP contribution in [0.25, 0.3) is 0 Å². The van der Waals surface area contributed by atoms with Gasteiger partial charge in [-0.3, -0.25) is 4.79 Å². The van der Waals surface area contributed by atoms with Gasteiger partial charge in [0.15, 0.2) is 0 Å². The van der Waals surface area contributed by atoms with Gasteiger partial charge in [0.1, 0.15) is 18.9 Å². The molecule has 1 aromatic heterocycles. The molecule has 1 atom stereocenters. The Labute approximate surface area is 181 Å². The Balaban J connectivity index is 1.48. The first-order chi connectivity index (χ1) is 14.5. The molecule has 6 nitrogen and oxygen atoms in total. The fourth-order valence-corrected chi connectivity index (χ4v) is 4.81. The molecule has 160 valence electrons. The van der Waals surface area contributed by atoms with Crippen molar-refractivity contribution in [3.05, 3.63) is 52.2 Å². The Morgan fingerprint density at radius 1 is 1.23 bits per heavy atom. The summed E-state index contributed by atoms with van der Waals surface area (Å²) in [6.07, 6.45) is 2.78. The molecule has 2 aliphatic rings. The van der Waals surface area contributed by atoms with Gasteiger partial charge in [-0.25, -0.2) is 4.79 Å². The molecule has 3 amide bonds. The molecule has 1 fully saturated rings. The number of thiophene rings is 1. The highest BCUT2D eigenvalue weighted by atomic mass is 32.1. The number of para-hydroxylation sites is 1.